The molecule has 0 aliphatic carbocycles. The third kappa shape index (κ3) is 3.74. The van der Waals surface area contributed by atoms with Gasteiger partial charge < -0.3 is 39.3 Å². The average molecular weight is 480 g/mol. The number of rotatable bonds is 7. The fourth-order valence-corrected chi connectivity index (χ4v) is 4.10. The number of nitrogens with zero attached hydrogens (tertiary/aromatic N) is 2. The first kappa shape index (κ1) is 23.4. The van der Waals surface area contributed by atoms with Crippen LogP contribution in [0.3, 0.4) is 0 Å². The Bertz CT molecular complexity index is 1310. The van der Waals surface area contributed by atoms with E-state index in [1.165, 1.54) is 35.5 Å². The Morgan fingerprint density at radius 1 is 0.943 bits per heavy atom. The number of hydrogen-bond acceptors (Lipinski definition) is 10. The van der Waals surface area contributed by atoms with Crippen LogP contribution in [-0.4, -0.2) is 50.9 Å². The zero-order valence-corrected chi connectivity index (χ0v) is 19.8. The van der Waals surface area contributed by atoms with Crippen LogP contribution in [0.4, 0.5) is 0 Å². The molecule has 1 aliphatic rings. The first-order valence-electron chi connectivity index (χ1n) is 10.3. The molecule has 1 aromatic heterocycles. The van der Waals surface area contributed by atoms with Gasteiger partial charge in [0.1, 0.15) is 11.6 Å². The van der Waals surface area contributed by atoms with Crippen LogP contribution >= 0.6 is 0 Å². The Morgan fingerprint density at radius 3 is 2.00 bits per heavy atom. The lowest BCUT2D eigenvalue weighted by atomic mass is 9.82. The van der Waals surface area contributed by atoms with Crippen molar-refractivity contribution in [2.75, 3.05) is 35.5 Å². The van der Waals surface area contributed by atoms with Crippen molar-refractivity contribution in [3.63, 3.8) is 0 Å². The van der Waals surface area contributed by atoms with Crippen LogP contribution in [0.2, 0.25) is 0 Å². The van der Waals surface area contributed by atoms with E-state index >= 15 is 0 Å². The van der Waals surface area contributed by atoms with Crippen molar-refractivity contribution in [1.29, 1.82) is 5.26 Å². The van der Waals surface area contributed by atoms with Gasteiger partial charge in [0.2, 0.25) is 23.3 Å². The summed E-state index contributed by atoms with van der Waals surface area (Å²) in [4.78, 5) is 0. The van der Waals surface area contributed by atoms with E-state index in [0.717, 1.165) is 0 Å². The van der Waals surface area contributed by atoms with E-state index in [1.807, 2.05) is 0 Å². The number of ether oxygens (including phenoxy) is 6. The Hall–Kier alpha value is -4.72. The minimum atomic E-state index is -0.722. The standard InChI is InChI=1S/C24H24N4O7/c1-30-14-6-11(7-15(31-2)21(14)29)18-13(10-25)23(26)35-24-19(18)20(27-28-24)12-8-16(32-3)22(34-5)17(9-12)33-4/h6-9,18,29H,26H2,1-5H3,(H,27,28). The Labute approximate surface area is 201 Å². The van der Waals surface area contributed by atoms with Gasteiger partial charge in [0, 0.05) is 5.56 Å². The first-order chi connectivity index (χ1) is 16.9. The van der Waals surface area contributed by atoms with Gasteiger partial charge in [-0.15, -0.1) is 5.10 Å². The van der Waals surface area contributed by atoms with Crippen LogP contribution in [0.5, 0.6) is 40.4 Å². The number of nitrogens with two attached hydrogens (primary N) is 1. The van der Waals surface area contributed by atoms with Crippen molar-refractivity contribution in [1.82, 2.24) is 10.2 Å². The maximum absolute atomic E-state index is 10.4. The number of benzene rings is 2. The molecule has 1 atom stereocenters. The summed E-state index contributed by atoms with van der Waals surface area (Å²) in [6.45, 7) is 0. The van der Waals surface area contributed by atoms with Crippen LogP contribution in [0, 0.1) is 11.3 Å². The summed E-state index contributed by atoms with van der Waals surface area (Å²) in [5.41, 5.74) is 8.53. The summed E-state index contributed by atoms with van der Waals surface area (Å²) >= 11 is 0. The van der Waals surface area contributed by atoms with Gasteiger partial charge in [-0.3, -0.25) is 5.10 Å². The van der Waals surface area contributed by atoms with Crippen LogP contribution in [0.15, 0.2) is 35.7 Å². The summed E-state index contributed by atoms with van der Waals surface area (Å²) in [6.07, 6.45) is 0. The molecule has 35 heavy (non-hydrogen) atoms. The molecule has 0 bridgehead atoms. The third-order valence-electron chi connectivity index (χ3n) is 5.73. The normalized spacial score (nSPS) is 14.5. The zero-order valence-electron chi connectivity index (χ0n) is 19.8. The van der Waals surface area contributed by atoms with Crippen molar-refractivity contribution in [2.45, 2.75) is 5.92 Å². The largest absolute Gasteiger partial charge is 0.502 e. The molecule has 2 heterocycles. The molecule has 4 rings (SSSR count). The predicted molar refractivity (Wildman–Crippen MR) is 124 cm³/mol. The lowest BCUT2D eigenvalue weighted by molar-refractivity contribution is 0.324. The molecule has 182 valence electrons. The number of nitriles is 1. The Balaban J connectivity index is 2.00. The van der Waals surface area contributed by atoms with Crippen molar-refractivity contribution in [2.24, 2.45) is 5.73 Å². The number of aromatic nitrogens is 2. The molecule has 3 aromatic rings. The van der Waals surface area contributed by atoms with E-state index in [1.54, 1.807) is 24.3 Å². The zero-order chi connectivity index (χ0) is 25.3. The number of fused-ring (bicyclic) bond motifs is 1. The van der Waals surface area contributed by atoms with Crippen molar-refractivity contribution in [3.05, 3.63) is 46.8 Å². The third-order valence-corrected chi connectivity index (χ3v) is 5.73. The number of nitrogens with one attached hydrogen (secondary N) is 1. The van der Waals surface area contributed by atoms with E-state index in [0.29, 0.717) is 39.6 Å². The number of phenols is 1. The summed E-state index contributed by atoms with van der Waals surface area (Å²) in [5, 5.41) is 27.7. The fourth-order valence-electron chi connectivity index (χ4n) is 4.10. The Kier molecular flexibility index (Phi) is 6.20. The van der Waals surface area contributed by atoms with Crippen molar-refractivity contribution in [3.8, 4) is 57.7 Å². The smallest absolute Gasteiger partial charge is 0.244 e. The van der Waals surface area contributed by atoms with Gasteiger partial charge in [-0.05, 0) is 29.8 Å². The number of phenolic OH excluding ortho intramolecular Hbond substituents is 1. The van der Waals surface area contributed by atoms with E-state index in [9.17, 15) is 10.4 Å². The number of H-pyrrole nitrogens is 1. The number of hydrogen-bond donors (Lipinski definition) is 3. The molecule has 0 spiro atoms. The number of allylic oxidation sites excluding steroid dienone is 1. The predicted octanol–water partition coefficient (Wildman–Crippen LogP) is 3.04. The molecule has 11 nitrogen and oxygen atoms in total. The molecule has 0 fully saturated rings. The van der Waals surface area contributed by atoms with E-state index < -0.39 is 5.92 Å². The Morgan fingerprint density at radius 2 is 1.51 bits per heavy atom. The highest BCUT2D eigenvalue weighted by atomic mass is 16.5. The van der Waals surface area contributed by atoms with Gasteiger partial charge in [-0.2, -0.15) is 5.26 Å². The molecule has 2 aromatic carbocycles. The van der Waals surface area contributed by atoms with E-state index in [2.05, 4.69) is 16.3 Å². The molecule has 0 saturated carbocycles. The van der Waals surface area contributed by atoms with Crippen LogP contribution < -0.4 is 34.2 Å². The van der Waals surface area contributed by atoms with Crippen LogP contribution in [0.25, 0.3) is 11.3 Å². The minimum absolute atomic E-state index is 0.0843. The van der Waals surface area contributed by atoms with E-state index in [-0.39, 0.29) is 34.6 Å². The molecule has 4 N–H and O–H groups in total. The summed E-state index contributed by atoms with van der Waals surface area (Å²) in [7, 11) is 7.38. The van der Waals surface area contributed by atoms with E-state index in [4.69, 9.17) is 34.2 Å². The maximum atomic E-state index is 10.4. The molecular weight excluding hydrogens is 456 g/mol. The number of methoxy groups -OCH3 is 5. The maximum Gasteiger partial charge on any atom is 0.244 e. The van der Waals surface area contributed by atoms with Gasteiger partial charge >= 0.3 is 0 Å². The van der Waals surface area contributed by atoms with Gasteiger partial charge in [0.05, 0.1) is 52.7 Å². The van der Waals surface area contributed by atoms with Crippen molar-refractivity contribution < 1.29 is 33.5 Å². The molecular formula is C24H24N4O7. The second kappa shape index (κ2) is 9.26. The van der Waals surface area contributed by atoms with Crippen LogP contribution in [0.1, 0.15) is 17.0 Å². The highest BCUT2D eigenvalue weighted by Crippen LogP contribution is 2.50. The number of aromatic hydroxyl groups is 1. The quantitative estimate of drug-likeness (QED) is 0.460. The molecule has 0 saturated heterocycles. The fraction of sp³-hybridized carbons (Fsp3) is 0.250. The van der Waals surface area contributed by atoms with Crippen LogP contribution in [-0.2, 0) is 0 Å². The summed E-state index contributed by atoms with van der Waals surface area (Å²) in [5.74, 6) is 0.847. The van der Waals surface area contributed by atoms with Gasteiger partial charge in [-0.1, -0.05) is 0 Å². The summed E-state index contributed by atoms with van der Waals surface area (Å²) < 4.78 is 32.7. The topological polar surface area (TPSA) is 154 Å². The molecule has 1 unspecified atom stereocenters. The number of aromatic amines is 1. The SMILES string of the molecule is COc1cc(C2C(C#N)=C(N)Oc3n[nH]c(-c4cc(OC)c(OC)c(OC)c4)c32)cc(OC)c1O. The molecule has 11 heteroatoms. The molecule has 1 aliphatic heterocycles. The average Bonchev–Trinajstić information content (AvgIpc) is 3.30. The highest BCUT2D eigenvalue weighted by molar-refractivity contribution is 5.75. The lowest BCUT2D eigenvalue weighted by Gasteiger charge is -2.25. The molecule has 0 amide bonds. The minimum Gasteiger partial charge on any atom is -0.502 e. The molecule has 0 radical (unpaired) electrons. The van der Waals surface area contributed by atoms with Crippen molar-refractivity contribution >= 4 is 0 Å². The lowest BCUT2D eigenvalue weighted by Crippen LogP contribution is -2.21. The highest BCUT2D eigenvalue weighted by Gasteiger charge is 2.37. The monoisotopic (exact) mass is 480 g/mol. The summed E-state index contributed by atoms with van der Waals surface area (Å²) in [6, 6.07) is 8.85. The first-order valence-corrected chi connectivity index (χ1v) is 10.3. The second-order valence-electron chi connectivity index (χ2n) is 7.43. The van der Waals surface area contributed by atoms with Gasteiger partial charge in [0.25, 0.3) is 0 Å². The van der Waals surface area contributed by atoms with Gasteiger partial charge in [-0.25, -0.2) is 0 Å². The van der Waals surface area contributed by atoms with Gasteiger partial charge in [0.15, 0.2) is 23.0 Å². The second-order valence-corrected chi connectivity index (χ2v) is 7.43.